The molecule has 0 aromatic heterocycles. The summed E-state index contributed by atoms with van der Waals surface area (Å²) in [7, 11) is 1.38. The van der Waals surface area contributed by atoms with Gasteiger partial charge in [0.1, 0.15) is 6.17 Å². The Morgan fingerprint density at radius 1 is 1.42 bits per heavy atom. The molecule has 0 N–H and O–H groups in total. The Morgan fingerprint density at radius 2 is 2.26 bits per heavy atom. The summed E-state index contributed by atoms with van der Waals surface area (Å²) in [5.41, 5.74) is 1.64. The SMILES string of the molecule is COC(=O)c1cccc(CN2CCCC(F)CC2)c1. The minimum Gasteiger partial charge on any atom is -0.465 e. The summed E-state index contributed by atoms with van der Waals surface area (Å²) >= 11 is 0. The first kappa shape index (κ1) is 14.0. The van der Waals surface area contributed by atoms with Crippen molar-refractivity contribution >= 4 is 5.97 Å². The van der Waals surface area contributed by atoms with E-state index in [1.807, 2.05) is 18.2 Å². The lowest BCUT2D eigenvalue weighted by atomic mass is 10.1. The van der Waals surface area contributed by atoms with Crippen molar-refractivity contribution in [3.63, 3.8) is 0 Å². The number of nitrogens with zero attached hydrogens (tertiary/aromatic N) is 1. The molecule has 0 radical (unpaired) electrons. The van der Waals surface area contributed by atoms with Crippen LogP contribution in [0.25, 0.3) is 0 Å². The topological polar surface area (TPSA) is 29.5 Å². The van der Waals surface area contributed by atoms with E-state index in [2.05, 4.69) is 4.90 Å². The average molecular weight is 265 g/mol. The molecule has 1 unspecified atom stereocenters. The average Bonchev–Trinajstić information content (AvgIpc) is 2.63. The fourth-order valence-corrected chi connectivity index (χ4v) is 2.45. The standard InChI is InChI=1S/C15H20FNO2/c1-19-15(18)13-5-2-4-12(10-13)11-17-8-3-6-14(16)7-9-17/h2,4-5,10,14H,3,6-9,11H2,1H3. The second kappa shape index (κ2) is 6.66. The molecule has 1 saturated heterocycles. The first-order valence-corrected chi connectivity index (χ1v) is 6.72. The summed E-state index contributed by atoms with van der Waals surface area (Å²) in [5.74, 6) is -0.318. The zero-order chi connectivity index (χ0) is 13.7. The number of halogens is 1. The molecule has 2 rings (SSSR count). The van der Waals surface area contributed by atoms with E-state index in [9.17, 15) is 9.18 Å². The van der Waals surface area contributed by atoms with Gasteiger partial charge < -0.3 is 4.74 Å². The van der Waals surface area contributed by atoms with Gasteiger partial charge in [0.15, 0.2) is 0 Å². The van der Waals surface area contributed by atoms with Gasteiger partial charge in [0.05, 0.1) is 12.7 Å². The van der Waals surface area contributed by atoms with Gasteiger partial charge in [-0.2, -0.15) is 0 Å². The molecular weight excluding hydrogens is 245 g/mol. The summed E-state index contributed by atoms with van der Waals surface area (Å²) < 4.78 is 18.0. The number of carbonyl (C=O) groups excluding carboxylic acids is 1. The molecule has 1 aromatic rings. The number of benzene rings is 1. The van der Waals surface area contributed by atoms with Crippen LogP contribution in [0.3, 0.4) is 0 Å². The number of alkyl halides is 1. The molecule has 1 fully saturated rings. The van der Waals surface area contributed by atoms with E-state index in [1.165, 1.54) is 7.11 Å². The van der Waals surface area contributed by atoms with Crippen LogP contribution in [0.2, 0.25) is 0 Å². The molecule has 1 aliphatic rings. The third kappa shape index (κ3) is 4.03. The van der Waals surface area contributed by atoms with Gasteiger partial charge in [-0.25, -0.2) is 9.18 Å². The second-order valence-electron chi connectivity index (χ2n) is 5.00. The Morgan fingerprint density at radius 3 is 3.05 bits per heavy atom. The van der Waals surface area contributed by atoms with Crippen LogP contribution in [0.4, 0.5) is 4.39 Å². The van der Waals surface area contributed by atoms with E-state index in [4.69, 9.17) is 4.74 Å². The highest BCUT2D eigenvalue weighted by molar-refractivity contribution is 5.89. The minimum atomic E-state index is -0.661. The zero-order valence-corrected chi connectivity index (χ0v) is 11.3. The van der Waals surface area contributed by atoms with Crippen LogP contribution in [0.15, 0.2) is 24.3 Å². The number of ether oxygens (including phenoxy) is 1. The van der Waals surface area contributed by atoms with Crippen molar-refractivity contribution in [2.45, 2.75) is 32.0 Å². The van der Waals surface area contributed by atoms with Crippen LogP contribution < -0.4 is 0 Å². The van der Waals surface area contributed by atoms with Gasteiger partial charge in [-0.05, 0) is 43.5 Å². The lowest BCUT2D eigenvalue weighted by molar-refractivity contribution is 0.0600. The molecule has 0 amide bonds. The van der Waals surface area contributed by atoms with E-state index >= 15 is 0 Å². The van der Waals surface area contributed by atoms with Crippen LogP contribution in [-0.4, -0.2) is 37.2 Å². The molecule has 4 heteroatoms. The molecule has 3 nitrogen and oxygen atoms in total. The van der Waals surface area contributed by atoms with Crippen molar-refractivity contribution in [3.8, 4) is 0 Å². The fraction of sp³-hybridized carbons (Fsp3) is 0.533. The lowest BCUT2D eigenvalue weighted by Crippen LogP contribution is -2.24. The number of methoxy groups -OCH3 is 1. The van der Waals surface area contributed by atoms with Crippen molar-refractivity contribution in [2.75, 3.05) is 20.2 Å². The number of rotatable bonds is 3. The smallest absolute Gasteiger partial charge is 0.337 e. The van der Waals surface area contributed by atoms with Crippen LogP contribution in [-0.2, 0) is 11.3 Å². The van der Waals surface area contributed by atoms with Gasteiger partial charge in [-0.3, -0.25) is 4.90 Å². The molecule has 0 aliphatic carbocycles. The molecule has 0 spiro atoms. The highest BCUT2D eigenvalue weighted by Crippen LogP contribution is 2.16. The molecule has 1 aliphatic heterocycles. The van der Waals surface area contributed by atoms with Gasteiger partial charge in [-0.1, -0.05) is 12.1 Å². The quantitative estimate of drug-likeness (QED) is 0.787. The normalized spacial score (nSPS) is 20.8. The monoisotopic (exact) mass is 265 g/mol. The largest absolute Gasteiger partial charge is 0.465 e. The maximum Gasteiger partial charge on any atom is 0.337 e. The number of hydrogen-bond acceptors (Lipinski definition) is 3. The maximum absolute atomic E-state index is 13.3. The summed E-state index contributed by atoms with van der Waals surface area (Å²) in [4.78, 5) is 13.7. The van der Waals surface area contributed by atoms with Crippen LogP contribution in [0.1, 0.15) is 35.2 Å². The van der Waals surface area contributed by atoms with E-state index in [0.29, 0.717) is 18.4 Å². The number of likely N-dealkylation sites (tertiary alicyclic amines) is 1. The van der Waals surface area contributed by atoms with Crippen LogP contribution in [0.5, 0.6) is 0 Å². The van der Waals surface area contributed by atoms with Gasteiger partial charge in [0.2, 0.25) is 0 Å². The van der Waals surface area contributed by atoms with E-state index < -0.39 is 6.17 Å². The first-order valence-electron chi connectivity index (χ1n) is 6.72. The number of carbonyl (C=O) groups is 1. The molecule has 104 valence electrons. The molecule has 1 atom stereocenters. The highest BCUT2D eigenvalue weighted by atomic mass is 19.1. The van der Waals surface area contributed by atoms with Gasteiger partial charge in [0.25, 0.3) is 0 Å². The maximum atomic E-state index is 13.3. The van der Waals surface area contributed by atoms with Gasteiger partial charge >= 0.3 is 5.97 Å². The Kier molecular flexibility index (Phi) is 4.91. The van der Waals surface area contributed by atoms with E-state index in [1.54, 1.807) is 6.07 Å². The van der Waals surface area contributed by atoms with Crippen LogP contribution in [0, 0.1) is 0 Å². The number of esters is 1. The molecule has 0 bridgehead atoms. The first-order chi connectivity index (χ1) is 9.19. The third-order valence-corrected chi connectivity index (χ3v) is 3.50. The highest BCUT2D eigenvalue weighted by Gasteiger charge is 2.16. The second-order valence-corrected chi connectivity index (χ2v) is 5.00. The summed E-state index contributed by atoms with van der Waals surface area (Å²) in [6, 6.07) is 7.45. The summed E-state index contributed by atoms with van der Waals surface area (Å²) in [6.07, 6.45) is 1.51. The Labute approximate surface area is 113 Å². The molecular formula is C15H20FNO2. The Hall–Kier alpha value is -1.42. The zero-order valence-electron chi connectivity index (χ0n) is 11.3. The van der Waals surface area contributed by atoms with Crippen LogP contribution >= 0.6 is 0 Å². The summed E-state index contributed by atoms with van der Waals surface area (Å²) in [5, 5.41) is 0. The predicted octanol–water partition coefficient (Wildman–Crippen LogP) is 2.80. The summed E-state index contributed by atoms with van der Waals surface area (Å²) in [6.45, 7) is 2.46. The lowest BCUT2D eigenvalue weighted by Gasteiger charge is -2.19. The van der Waals surface area contributed by atoms with Crippen molar-refractivity contribution in [3.05, 3.63) is 35.4 Å². The molecule has 19 heavy (non-hydrogen) atoms. The van der Waals surface area contributed by atoms with Crippen molar-refractivity contribution in [1.82, 2.24) is 4.90 Å². The number of hydrogen-bond donors (Lipinski definition) is 0. The van der Waals surface area contributed by atoms with E-state index in [0.717, 1.165) is 31.6 Å². The molecule has 1 heterocycles. The third-order valence-electron chi connectivity index (χ3n) is 3.50. The predicted molar refractivity (Wildman–Crippen MR) is 71.8 cm³/mol. The van der Waals surface area contributed by atoms with Crippen molar-refractivity contribution in [2.24, 2.45) is 0 Å². The Bertz CT molecular complexity index is 436. The molecule has 1 aromatic carbocycles. The van der Waals surface area contributed by atoms with Crippen molar-refractivity contribution < 1.29 is 13.9 Å². The minimum absolute atomic E-state index is 0.318. The van der Waals surface area contributed by atoms with Gasteiger partial charge in [0, 0.05) is 13.1 Å². The van der Waals surface area contributed by atoms with E-state index in [-0.39, 0.29) is 5.97 Å². The fourth-order valence-electron chi connectivity index (χ4n) is 2.45. The molecule has 0 saturated carbocycles. The van der Waals surface area contributed by atoms with Crippen molar-refractivity contribution in [1.29, 1.82) is 0 Å². The Balaban J connectivity index is 2.00. The van der Waals surface area contributed by atoms with Gasteiger partial charge in [-0.15, -0.1) is 0 Å².